The average Bonchev–Trinajstić information content (AvgIpc) is 3.83. The van der Waals surface area contributed by atoms with Crippen LogP contribution in [0.2, 0.25) is 0 Å². The molecule has 20 heteroatoms. The standard InChI is InChI=1S/C45H56F3N11O6/c1-3-35-43(64)55(2)36-25-50-44(54-39(36)59(35)31-6-4-5-7-31)52-34-14-10-28(24-37(34)65-45(46,47)48)40(61)51-29-16-18-58(19-17-29)42(63)33(49)26-56-20-22-57(23-21-56)30-11-8-27(9-12-30)32-13-15-38(60)53-41(32)62/h8-12,14,24-25,29,31-33,35H,3-7,13,15-23,26,49H2,1-2H3,(H,51,61)(H,50,52,54)(H,53,60,62)/t32?,33?,35-/m1/s1. The van der Waals surface area contributed by atoms with Crippen LogP contribution in [0.5, 0.6) is 5.75 Å². The quantitative estimate of drug-likeness (QED) is 0.191. The lowest BCUT2D eigenvalue weighted by Crippen LogP contribution is -2.56. The maximum Gasteiger partial charge on any atom is 0.573 e. The van der Waals surface area contributed by atoms with Gasteiger partial charge in [-0.2, -0.15) is 4.98 Å². The van der Waals surface area contributed by atoms with Crippen molar-refractivity contribution in [1.29, 1.82) is 0 Å². The normalized spacial score (nSPS) is 21.8. The molecule has 3 saturated heterocycles. The highest BCUT2D eigenvalue weighted by Crippen LogP contribution is 2.41. The number of carbonyl (C=O) groups is 5. The molecule has 2 aromatic carbocycles. The number of alkyl halides is 3. The second kappa shape index (κ2) is 19.2. The second-order valence-electron chi connectivity index (χ2n) is 17.5. The van der Waals surface area contributed by atoms with E-state index < -0.39 is 30.1 Å². The van der Waals surface area contributed by atoms with Crippen molar-refractivity contribution in [3.63, 3.8) is 0 Å². The van der Waals surface area contributed by atoms with Crippen molar-refractivity contribution in [2.75, 3.05) is 72.9 Å². The number of likely N-dealkylation sites (tertiary alicyclic amines) is 1. The third-order valence-electron chi connectivity index (χ3n) is 13.3. The Labute approximate surface area is 375 Å². The second-order valence-corrected chi connectivity index (χ2v) is 17.5. The first-order valence-corrected chi connectivity index (χ1v) is 22.5. The molecule has 348 valence electrons. The SMILES string of the molecule is CC[C@@H]1C(=O)N(C)c2cnc(Nc3ccc(C(=O)NC4CCN(C(=O)C(N)CN5CCN(c6ccc(C7CCC(=O)NC7=O)cc6)CC5)CC4)cc3OC(F)(F)F)nc2N1C1CCCC1. The summed E-state index contributed by atoms with van der Waals surface area (Å²) in [6, 6.07) is 10.2. The van der Waals surface area contributed by atoms with Crippen molar-refractivity contribution < 1.29 is 41.9 Å². The van der Waals surface area contributed by atoms with Gasteiger partial charge in [-0.1, -0.05) is 31.9 Å². The van der Waals surface area contributed by atoms with E-state index in [2.05, 4.69) is 35.5 Å². The van der Waals surface area contributed by atoms with E-state index in [0.29, 0.717) is 76.3 Å². The van der Waals surface area contributed by atoms with Crippen LogP contribution in [0.15, 0.2) is 48.7 Å². The number of anilines is 5. The molecule has 17 nitrogen and oxygen atoms in total. The third kappa shape index (κ3) is 10.3. The molecule has 1 aliphatic carbocycles. The minimum atomic E-state index is -5.07. The summed E-state index contributed by atoms with van der Waals surface area (Å²) in [6.45, 7) is 5.91. The van der Waals surface area contributed by atoms with Crippen LogP contribution < -0.4 is 41.1 Å². The van der Waals surface area contributed by atoms with Crippen molar-refractivity contribution in [1.82, 2.24) is 30.4 Å². The van der Waals surface area contributed by atoms with E-state index in [4.69, 9.17) is 10.7 Å². The van der Waals surface area contributed by atoms with Crippen molar-refractivity contribution >= 4 is 58.4 Å². The first-order chi connectivity index (χ1) is 31.1. The fourth-order valence-corrected chi connectivity index (χ4v) is 9.76. The number of halogens is 3. The lowest BCUT2D eigenvalue weighted by atomic mass is 9.90. The third-order valence-corrected chi connectivity index (χ3v) is 13.3. The number of nitrogens with two attached hydrogens (primary N) is 1. The number of fused-ring (bicyclic) bond motifs is 1. The largest absolute Gasteiger partial charge is 0.573 e. The number of nitrogens with zero attached hydrogens (tertiary/aromatic N) is 7. The number of piperidine rings is 2. The summed E-state index contributed by atoms with van der Waals surface area (Å²) in [7, 11) is 1.66. The Balaban J connectivity index is 0.832. The number of amides is 5. The zero-order valence-corrected chi connectivity index (χ0v) is 36.6. The average molecular weight is 904 g/mol. The molecule has 5 amide bonds. The molecular weight excluding hydrogens is 848 g/mol. The summed E-state index contributed by atoms with van der Waals surface area (Å²) in [5, 5.41) is 8.17. The number of aromatic nitrogens is 2. The molecule has 0 spiro atoms. The molecule has 8 rings (SSSR count). The van der Waals surface area contributed by atoms with Gasteiger partial charge >= 0.3 is 6.36 Å². The number of hydrogen-bond donors (Lipinski definition) is 4. The van der Waals surface area contributed by atoms with E-state index in [1.807, 2.05) is 36.1 Å². The summed E-state index contributed by atoms with van der Waals surface area (Å²) < 4.78 is 45.6. The lowest BCUT2D eigenvalue weighted by molar-refractivity contribution is -0.274. The monoisotopic (exact) mass is 903 g/mol. The minimum Gasteiger partial charge on any atom is -0.404 e. The zero-order chi connectivity index (χ0) is 46.0. The number of piperazine rings is 1. The van der Waals surface area contributed by atoms with Gasteiger partial charge in [-0.15, -0.1) is 13.2 Å². The number of carbonyl (C=O) groups excluding carboxylic acids is 5. The van der Waals surface area contributed by atoms with Gasteiger partial charge in [0.05, 0.1) is 23.8 Å². The predicted molar refractivity (Wildman–Crippen MR) is 236 cm³/mol. The Morgan fingerprint density at radius 1 is 0.954 bits per heavy atom. The van der Waals surface area contributed by atoms with Crippen LogP contribution in [0.3, 0.4) is 0 Å². The van der Waals surface area contributed by atoms with Gasteiger partial charge in [-0.3, -0.25) is 34.2 Å². The summed E-state index contributed by atoms with van der Waals surface area (Å²) in [5.41, 5.74) is 8.69. The highest BCUT2D eigenvalue weighted by Gasteiger charge is 2.42. The lowest BCUT2D eigenvalue weighted by Gasteiger charge is -2.43. The summed E-state index contributed by atoms with van der Waals surface area (Å²) in [4.78, 5) is 82.7. The smallest absolute Gasteiger partial charge is 0.404 e. The molecule has 1 saturated carbocycles. The first-order valence-electron chi connectivity index (χ1n) is 22.5. The Hall–Kier alpha value is -6.02. The van der Waals surface area contributed by atoms with Gasteiger partial charge in [-0.25, -0.2) is 4.98 Å². The molecule has 1 aromatic heterocycles. The van der Waals surface area contributed by atoms with Gasteiger partial charge in [0.25, 0.3) is 5.91 Å². The molecule has 3 atom stereocenters. The fourth-order valence-electron chi connectivity index (χ4n) is 9.76. The number of nitrogens with one attached hydrogen (secondary N) is 3. The van der Waals surface area contributed by atoms with Gasteiger partial charge in [0.1, 0.15) is 11.7 Å². The van der Waals surface area contributed by atoms with Gasteiger partial charge in [0.15, 0.2) is 11.6 Å². The highest BCUT2D eigenvalue weighted by molar-refractivity contribution is 6.04. The molecule has 0 bridgehead atoms. The maximum absolute atomic E-state index is 13.7. The van der Waals surface area contributed by atoms with Crippen molar-refractivity contribution in [3.8, 4) is 5.75 Å². The van der Waals surface area contributed by atoms with E-state index in [1.54, 1.807) is 11.9 Å². The van der Waals surface area contributed by atoms with Crippen molar-refractivity contribution in [3.05, 3.63) is 59.8 Å². The zero-order valence-electron chi connectivity index (χ0n) is 36.6. The summed E-state index contributed by atoms with van der Waals surface area (Å²) >= 11 is 0. The number of ether oxygens (including phenoxy) is 1. The Morgan fingerprint density at radius 3 is 2.32 bits per heavy atom. The number of benzene rings is 2. The first kappa shape index (κ1) is 45.5. The van der Waals surface area contributed by atoms with Crippen LogP contribution in [0.4, 0.5) is 42.0 Å². The number of imide groups is 1. The summed E-state index contributed by atoms with van der Waals surface area (Å²) in [5.74, 6) is -1.79. The Morgan fingerprint density at radius 2 is 1.66 bits per heavy atom. The number of rotatable bonds is 12. The predicted octanol–water partition coefficient (Wildman–Crippen LogP) is 4.01. The summed E-state index contributed by atoms with van der Waals surface area (Å²) in [6.07, 6.45) is 2.51. The van der Waals surface area contributed by atoms with Crippen LogP contribution in [0.1, 0.15) is 86.6 Å². The Kier molecular flexibility index (Phi) is 13.5. The van der Waals surface area contributed by atoms with Gasteiger partial charge in [-0.05, 0) is 74.4 Å². The highest BCUT2D eigenvalue weighted by atomic mass is 19.4. The van der Waals surface area contributed by atoms with Gasteiger partial charge in [0, 0.05) is 82.6 Å². The van der Waals surface area contributed by atoms with Crippen LogP contribution in [-0.4, -0.2) is 133 Å². The topological polar surface area (TPSA) is 199 Å². The van der Waals surface area contributed by atoms with E-state index in [1.165, 1.54) is 23.2 Å². The van der Waals surface area contributed by atoms with E-state index >= 15 is 0 Å². The van der Waals surface area contributed by atoms with E-state index in [9.17, 15) is 37.1 Å². The molecule has 5 N–H and O–H groups in total. The number of hydrogen-bond acceptors (Lipinski definition) is 13. The molecule has 4 aliphatic heterocycles. The number of likely N-dealkylation sites (N-methyl/N-ethyl adjacent to an activating group) is 1. The molecule has 3 aromatic rings. The molecule has 5 aliphatic rings. The van der Waals surface area contributed by atoms with Crippen molar-refractivity contribution in [2.45, 2.75) is 101 Å². The van der Waals surface area contributed by atoms with Crippen molar-refractivity contribution in [2.24, 2.45) is 5.73 Å². The van der Waals surface area contributed by atoms with Crippen LogP contribution in [0, 0.1) is 0 Å². The molecular formula is C45H56F3N11O6. The van der Waals surface area contributed by atoms with Gasteiger partial charge < -0.3 is 40.7 Å². The van der Waals surface area contributed by atoms with E-state index in [0.717, 1.165) is 56.1 Å². The fraction of sp³-hybridized carbons (Fsp3) is 0.533. The van der Waals surface area contributed by atoms with Crippen LogP contribution in [0.25, 0.3) is 0 Å². The molecule has 65 heavy (non-hydrogen) atoms. The van der Waals surface area contributed by atoms with Crippen LogP contribution >= 0.6 is 0 Å². The van der Waals surface area contributed by atoms with E-state index in [-0.39, 0.29) is 58.8 Å². The maximum atomic E-state index is 13.7. The molecule has 5 heterocycles. The minimum absolute atomic E-state index is 0.00453. The Bertz CT molecular complexity index is 2260. The molecule has 4 fully saturated rings. The molecule has 2 unspecified atom stereocenters. The molecule has 0 radical (unpaired) electrons. The van der Waals surface area contributed by atoms with Gasteiger partial charge in [0.2, 0.25) is 29.6 Å². The van der Waals surface area contributed by atoms with Crippen LogP contribution in [-0.2, 0) is 19.2 Å².